The van der Waals surface area contributed by atoms with E-state index in [2.05, 4.69) is 6.92 Å². The number of piperidine rings is 1. The number of hydrogen-bond donors (Lipinski definition) is 1. The second-order valence-corrected chi connectivity index (χ2v) is 5.63. The Morgan fingerprint density at radius 2 is 1.88 bits per heavy atom. The summed E-state index contributed by atoms with van der Waals surface area (Å²) in [4.78, 5) is 13.4. The number of carbonyl (C=O) groups is 1. The smallest absolute Gasteiger partial charge is 0.315 e. The summed E-state index contributed by atoms with van der Waals surface area (Å²) in [6.45, 7) is 3.17. The quantitative estimate of drug-likeness (QED) is 0.731. The molecule has 2 rings (SSSR count). The van der Waals surface area contributed by atoms with E-state index in [0.717, 1.165) is 25.3 Å². The van der Waals surface area contributed by atoms with Crippen LogP contribution >= 0.6 is 0 Å². The maximum absolute atomic E-state index is 11.5. The number of nitrogens with two attached hydrogens (primary N) is 1. The first-order chi connectivity index (χ1) is 7.68. The van der Waals surface area contributed by atoms with Crippen LogP contribution in [0.5, 0.6) is 0 Å². The van der Waals surface area contributed by atoms with Crippen LogP contribution in [0.25, 0.3) is 0 Å². The molecule has 16 heavy (non-hydrogen) atoms. The summed E-state index contributed by atoms with van der Waals surface area (Å²) in [5, 5.41) is 0. The topological polar surface area (TPSA) is 46.3 Å². The maximum atomic E-state index is 11.5. The maximum Gasteiger partial charge on any atom is 0.315 e. The van der Waals surface area contributed by atoms with Gasteiger partial charge in [-0.3, -0.25) is 0 Å². The highest BCUT2D eigenvalue weighted by atomic mass is 16.2. The van der Waals surface area contributed by atoms with E-state index in [1.807, 2.05) is 4.90 Å². The van der Waals surface area contributed by atoms with Crippen LogP contribution in [0.2, 0.25) is 0 Å². The number of carbonyl (C=O) groups excluding carboxylic acids is 1. The molecular formula is C13H24N2O. The molecule has 0 aromatic carbocycles. The predicted octanol–water partition coefficient (Wildman–Crippen LogP) is 2.75. The Labute approximate surface area is 98.4 Å². The minimum absolute atomic E-state index is 0.206. The summed E-state index contributed by atoms with van der Waals surface area (Å²) >= 11 is 0. The minimum atomic E-state index is -0.206. The van der Waals surface area contributed by atoms with E-state index in [4.69, 9.17) is 5.73 Å². The number of rotatable bonds is 1. The Morgan fingerprint density at radius 1 is 1.19 bits per heavy atom. The van der Waals surface area contributed by atoms with Crippen molar-refractivity contribution in [3.63, 3.8) is 0 Å². The van der Waals surface area contributed by atoms with Crippen molar-refractivity contribution in [3.05, 3.63) is 0 Å². The molecule has 0 aromatic heterocycles. The summed E-state index contributed by atoms with van der Waals surface area (Å²) < 4.78 is 0. The number of amides is 2. The molecule has 0 bridgehead atoms. The molecule has 0 spiro atoms. The van der Waals surface area contributed by atoms with Gasteiger partial charge in [0.2, 0.25) is 0 Å². The number of hydrogen-bond acceptors (Lipinski definition) is 1. The highest BCUT2D eigenvalue weighted by molar-refractivity contribution is 5.72. The van der Waals surface area contributed by atoms with Gasteiger partial charge in [0.05, 0.1) is 0 Å². The minimum Gasteiger partial charge on any atom is -0.351 e. The molecule has 2 amide bonds. The van der Waals surface area contributed by atoms with Gasteiger partial charge in [-0.2, -0.15) is 0 Å². The number of nitrogens with zero attached hydrogens (tertiary/aromatic N) is 1. The van der Waals surface area contributed by atoms with Gasteiger partial charge in [0.25, 0.3) is 0 Å². The summed E-state index contributed by atoms with van der Waals surface area (Å²) in [5.74, 6) is 1.46. The monoisotopic (exact) mass is 224 g/mol. The zero-order valence-corrected chi connectivity index (χ0v) is 10.3. The Bertz CT molecular complexity index is 248. The van der Waals surface area contributed by atoms with Gasteiger partial charge in [0.1, 0.15) is 0 Å². The van der Waals surface area contributed by atoms with E-state index in [1.165, 1.54) is 32.1 Å². The van der Waals surface area contributed by atoms with Crippen molar-refractivity contribution < 1.29 is 4.79 Å². The molecule has 1 aliphatic carbocycles. The largest absolute Gasteiger partial charge is 0.351 e. The number of likely N-dealkylation sites (tertiary alicyclic amines) is 1. The Morgan fingerprint density at radius 3 is 2.50 bits per heavy atom. The van der Waals surface area contributed by atoms with E-state index in [0.29, 0.717) is 12.0 Å². The SMILES string of the molecule is CC1CCN(C(N)=O)C(C2CCCCC2)C1. The molecule has 2 N–H and O–H groups in total. The van der Waals surface area contributed by atoms with Crippen molar-refractivity contribution in [3.8, 4) is 0 Å². The molecule has 1 saturated heterocycles. The summed E-state index contributed by atoms with van der Waals surface area (Å²) in [6.07, 6.45) is 8.90. The summed E-state index contributed by atoms with van der Waals surface area (Å²) in [6, 6.07) is 0.226. The van der Waals surface area contributed by atoms with Crippen LogP contribution in [-0.2, 0) is 0 Å². The van der Waals surface area contributed by atoms with Crippen molar-refractivity contribution in [2.45, 2.75) is 57.9 Å². The van der Waals surface area contributed by atoms with E-state index in [-0.39, 0.29) is 6.03 Å². The molecule has 1 heterocycles. The fourth-order valence-corrected chi connectivity index (χ4v) is 3.42. The van der Waals surface area contributed by atoms with Gasteiger partial charge in [0.15, 0.2) is 0 Å². The third-order valence-corrected chi connectivity index (χ3v) is 4.38. The van der Waals surface area contributed by atoms with Gasteiger partial charge in [0, 0.05) is 12.6 Å². The zero-order chi connectivity index (χ0) is 11.5. The lowest BCUT2D eigenvalue weighted by molar-refractivity contribution is 0.0872. The molecule has 3 nitrogen and oxygen atoms in total. The molecule has 2 unspecified atom stereocenters. The fourth-order valence-electron chi connectivity index (χ4n) is 3.42. The van der Waals surface area contributed by atoms with Gasteiger partial charge >= 0.3 is 6.03 Å². The third kappa shape index (κ3) is 2.50. The average molecular weight is 224 g/mol. The predicted molar refractivity (Wildman–Crippen MR) is 65.1 cm³/mol. The number of primary amides is 1. The third-order valence-electron chi connectivity index (χ3n) is 4.38. The average Bonchev–Trinajstić information content (AvgIpc) is 2.29. The highest BCUT2D eigenvalue weighted by Gasteiger charge is 2.34. The van der Waals surface area contributed by atoms with Crippen LogP contribution < -0.4 is 5.73 Å². The molecule has 3 heteroatoms. The Balaban J connectivity index is 2.03. The summed E-state index contributed by atoms with van der Waals surface area (Å²) in [5.41, 5.74) is 5.50. The lowest BCUT2D eigenvalue weighted by atomic mass is 9.77. The molecule has 1 aliphatic heterocycles. The first-order valence-electron chi connectivity index (χ1n) is 6.74. The second kappa shape index (κ2) is 5.07. The Kier molecular flexibility index (Phi) is 3.72. The molecule has 0 aromatic rings. The fraction of sp³-hybridized carbons (Fsp3) is 0.923. The molecule has 2 fully saturated rings. The lowest BCUT2D eigenvalue weighted by Gasteiger charge is -2.43. The zero-order valence-electron chi connectivity index (χ0n) is 10.3. The first-order valence-corrected chi connectivity index (χ1v) is 6.74. The Hall–Kier alpha value is -0.730. The van der Waals surface area contributed by atoms with Crippen LogP contribution in [0.1, 0.15) is 51.9 Å². The molecule has 92 valence electrons. The van der Waals surface area contributed by atoms with Crippen LogP contribution in [0, 0.1) is 11.8 Å². The van der Waals surface area contributed by atoms with Gasteiger partial charge in [-0.15, -0.1) is 0 Å². The molecule has 2 aliphatic rings. The lowest BCUT2D eigenvalue weighted by Crippen LogP contribution is -2.51. The van der Waals surface area contributed by atoms with E-state index < -0.39 is 0 Å². The van der Waals surface area contributed by atoms with Crippen molar-refractivity contribution >= 4 is 6.03 Å². The van der Waals surface area contributed by atoms with Gasteiger partial charge in [-0.1, -0.05) is 26.2 Å². The first kappa shape index (κ1) is 11.7. The van der Waals surface area contributed by atoms with E-state index >= 15 is 0 Å². The van der Waals surface area contributed by atoms with Crippen molar-refractivity contribution in [2.24, 2.45) is 17.6 Å². The second-order valence-electron chi connectivity index (χ2n) is 5.63. The van der Waals surface area contributed by atoms with Crippen LogP contribution in [0.4, 0.5) is 4.79 Å². The van der Waals surface area contributed by atoms with Crippen LogP contribution in [0.15, 0.2) is 0 Å². The summed E-state index contributed by atoms with van der Waals surface area (Å²) in [7, 11) is 0. The van der Waals surface area contributed by atoms with Crippen molar-refractivity contribution in [2.75, 3.05) is 6.54 Å². The van der Waals surface area contributed by atoms with Crippen molar-refractivity contribution in [1.29, 1.82) is 0 Å². The normalized spacial score (nSPS) is 32.7. The molecule has 2 atom stereocenters. The van der Waals surface area contributed by atoms with Crippen LogP contribution in [0.3, 0.4) is 0 Å². The molecular weight excluding hydrogens is 200 g/mol. The van der Waals surface area contributed by atoms with E-state index in [9.17, 15) is 4.79 Å². The van der Waals surface area contributed by atoms with Gasteiger partial charge < -0.3 is 10.6 Å². The van der Waals surface area contributed by atoms with Crippen molar-refractivity contribution in [1.82, 2.24) is 4.90 Å². The number of urea groups is 1. The van der Waals surface area contributed by atoms with E-state index in [1.54, 1.807) is 0 Å². The standard InChI is InChI=1S/C13H24N2O/c1-10-7-8-15(13(14)16)12(9-10)11-5-3-2-4-6-11/h10-12H,2-9H2,1H3,(H2,14,16). The molecule has 0 radical (unpaired) electrons. The highest BCUT2D eigenvalue weighted by Crippen LogP contribution is 2.35. The van der Waals surface area contributed by atoms with Gasteiger partial charge in [-0.05, 0) is 37.5 Å². The van der Waals surface area contributed by atoms with Gasteiger partial charge in [-0.25, -0.2) is 4.79 Å². The molecule has 1 saturated carbocycles. The van der Waals surface area contributed by atoms with Crippen LogP contribution in [-0.4, -0.2) is 23.5 Å².